The second-order valence-corrected chi connectivity index (χ2v) is 5.44. The van der Waals surface area contributed by atoms with Crippen molar-refractivity contribution in [1.82, 2.24) is 30.0 Å². The van der Waals surface area contributed by atoms with Crippen LogP contribution in [0.3, 0.4) is 0 Å². The first-order chi connectivity index (χ1) is 12.9. The SMILES string of the molecule is C[C@H](NC(=O)Nc1ccccc1C(F)(F)F)c1ncnn1-c1ncccn1. The molecule has 0 saturated carbocycles. The van der Waals surface area contributed by atoms with Gasteiger partial charge >= 0.3 is 12.2 Å². The summed E-state index contributed by atoms with van der Waals surface area (Å²) in [5.41, 5.74) is -1.28. The van der Waals surface area contributed by atoms with Crippen LogP contribution in [-0.4, -0.2) is 30.8 Å². The van der Waals surface area contributed by atoms with E-state index in [9.17, 15) is 18.0 Å². The van der Waals surface area contributed by atoms with Crippen molar-refractivity contribution >= 4 is 11.7 Å². The van der Waals surface area contributed by atoms with E-state index in [2.05, 4.69) is 30.7 Å². The van der Waals surface area contributed by atoms with E-state index < -0.39 is 23.8 Å². The van der Waals surface area contributed by atoms with Gasteiger partial charge in [0.15, 0.2) is 5.82 Å². The van der Waals surface area contributed by atoms with E-state index in [4.69, 9.17) is 0 Å². The number of urea groups is 1. The number of carbonyl (C=O) groups is 1. The largest absolute Gasteiger partial charge is 0.418 e. The zero-order chi connectivity index (χ0) is 19.4. The second-order valence-electron chi connectivity index (χ2n) is 5.44. The van der Waals surface area contributed by atoms with Crippen molar-refractivity contribution in [3.8, 4) is 5.95 Å². The summed E-state index contributed by atoms with van der Waals surface area (Å²) in [5, 5.41) is 8.74. The number of anilines is 1. The van der Waals surface area contributed by atoms with Gasteiger partial charge in [-0.2, -0.15) is 23.0 Å². The molecule has 11 heteroatoms. The minimum atomic E-state index is -4.58. The number of hydrogen-bond acceptors (Lipinski definition) is 5. The minimum Gasteiger partial charge on any atom is -0.328 e. The zero-order valence-electron chi connectivity index (χ0n) is 14.0. The highest BCUT2D eigenvalue weighted by Gasteiger charge is 2.33. The number of amides is 2. The van der Waals surface area contributed by atoms with Gasteiger partial charge in [0.2, 0.25) is 0 Å². The first kappa shape index (κ1) is 18.3. The van der Waals surface area contributed by atoms with Gasteiger partial charge in [0.05, 0.1) is 17.3 Å². The summed E-state index contributed by atoms with van der Waals surface area (Å²) in [6, 6.07) is 4.86. The monoisotopic (exact) mass is 377 g/mol. The van der Waals surface area contributed by atoms with Gasteiger partial charge in [0.1, 0.15) is 6.33 Å². The summed E-state index contributed by atoms with van der Waals surface area (Å²) < 4.78 is 40.4. The number of para-hydroxylation sites is 1. The Bertz CT molecular complexity index is 927. The third-order valence-electron chi connectivity index (χ3n) is 3.53. The predicted molar refractivity (Wildman–Crippen MR) is 89.0 cm³/mol. The average Bonchev–Trinajstić information content (AvgIpc) is 3.12. The average molecular weight is 377 g/mol. The highest BCUT2D eigenvalue weighted by atomic mass is 19.4. The number of aromatic nitrogens is 5. The molecule has 0 spiro atoms. The van der Waals surface area contributed by atoms with Crippen LogP contribution in [-0.2, 0) is 6.18 Å². The molecule has 3 aromatic rings. The Morgan fingerprint density at radius 2 is 1.81 bits per heavy atom. The number of nitrogens with zero attached hydrogens (tertiary/aromatic N) is 5. The molecule has 2 N–H and O–H groups in total. The van der Waals surface area contributed by atoms with Gasteiger partial charge in [0, 0.05) is 12.4 Å². The molecule has 0 aliphatic rings. The molecule has 0 saturated heterocycles. The molecule has 1 aromatic carbocycles. The van der Waals surface area contributed by atoms with Crippen molar-refractivity contribution in [2.24, 2.45) is 0 Å². The first-order valence-corrected chi connectivity index (χ1v) is 7.77. The molecule has 2 amide bonds. The number of alkyl halides is 3. The Kier molecular flexibility index (Phi) is 5.01. The van der Waals surface area contributed by atoms with Gasteiger partial charge in [-0.05, 0) is 25.1 Å². The van der Waals surface area contributed by atoms with E-state index in [-0.39, 0.29) is 11.6 Å². The minimum absolute atomic E-state index is 0.251. The van der Waals surface area contributed by atoms with Gasteiger partial charge in [-0.3, -0.25) is 0 Å². The smallest absolute Gasteiger partial charge is 0.328 e. The van der Waals surface area contributed by atoms with Crippen LogP contribution in [0.1, 0.15) is 24.4 Å². The summed E-state index contributed by atoms with van der Waals surface area (Å²) in [6.45, 7) is 1.61. The van der Waals surface area contributed by atoms with Crippen LogP contribution in [0.15, 0.2) is 49.1 Å². The van der Waals surface area contributed by atoms with E-state index in [1.165, 1.54) is 41.6 Å². The lowest BCUT2D eigenvalue weighted by Gasteiger charge is -2.17. The van der Waals surface area contributed by atoms with Crippen molar-refractivity contribution in [2.45, 2.75) is 19.1 Å². The molecular weight excluding hydrogens is 363 g/mol. The first-order valence-electron chi connectivity index (χ1n) is 7.77. The molecule has 0 radical (unpaired) electrons. The fourth-order valence-electron chi connectivity index (χ4n) is 2.36. The molecule has 8 nitrogen and oxygen atoms in total. The normalized spacial score (nSPS) is 12.4. The molecule has 0 aliphatic heterocycles. The van der Waals surface area contributed by atoms with Gasteiger partial charge in [0.25, 0.3) is 5.95 Å². The number of benzene rings is 1. The molecule has 0 aliphatic carbocycles. The Labute approximate surface area is 151 Å². The van der Waals surface area contributed by atoms with Crippen molar-refractivity contribution < 1.29 is 18.0 Å². The molecule has 0 fully saturated rings. The van der Waals surface area contributed by atoms with E-state index in [1.807, 2.05) is 0 Å². The maximum absolute atomic E-state index is 13.0. The van der Waals surface area contributed by atoms with Crippen LogP contribution < -0.4 is 10.6 Å². The summed E-state index contributed by atoms with van der Waals surface area (Å²) in [5.74, 6) is 0.571. The van der Waals surface area contributed by atoms with E-state index >= 15 is 0 Å². The van der Waals surface area contributed by atoms with Crippen LogP contribution >= 0.6 is 0 Å². The Hall–Kier alpha value is -3.50. The van der Waals surface area contributed by atoms with Crippen LogP contribution in [0, 0.1) is 0 Å². The van der Waals surface area contributed by atoms with E-state index in [1.54, 1.807) is 13.0 Å². The summed E-state index contributed by atoms with van der Waals surface area (Å²) in [4.78, 5) is 24.3. The van der Waals surface area contributed by atoms with Crippen molar-refractivity contribution in [3.05, 3.63) is 60.4 Å². The Morgan fingerprint density at radius 1 is 1.11 bits per heavy atom. The van der Waals surface area contributed by atoms with Crippen molar-refractivity contribution in [1.29, 1.82) is 0 Å². The van der Waals surface area contributed by atoms with Crippen molar-refractivity contribution in [3.63, 3.8) is 0 Å². The maximum Gasteiger partial charge on any atom is 0.418 e. The standard InChI is InChI=1S/C16H14F3N7O/c1-10(13-22-9-23-26(13)14-20-7-4-8-21-14)24-15(27)25-12-6-3-2-5-11(12)16(17,18)19/h2-10H,1H3,(H2,24,25,27)/t10-/m0/s1. The predicted octanol–water partition coefficient (Wildman–Crippen LogP) is 2.96. The molecule has 140 valence electrons. The molecule has 27 heavy (non-hydrogen) atoms. The number of hydrogen-bond donors (Lipinski definition) is 2. The molecule has 1 atom stereocenters. The topological polar surface area (TPSA) is 97.6 Å². The molecular formula is C16H14F3N7O. The Morgan fingerprint density at radius 3 is 2.52 bits per heavy atom. The van der Waals surface area contributed by atoms with Gasteiger partial charge in [-0.25, -0.2) is 19.7 Å². The zero-order valence-corrected chi connectivity index (χ0v) is 14.0. The number of nitrogens with one attached hydrogen (secondary N) is 2. The van der Waals surface area contributed by atoms with Gasteiger partial charge in [-0.1, -0.05) is 12.1 Å². The number of carbonyl (C=O) groups excluding carboxylic acids is 1. The molecule has 2 aromatic heterocycles. The fraction of sp³-hybridized carbons (Fsp3) is 0.188. The van der Waals surface area contributed by atoms with Gasteiger partial charge < -0.3 is 10.6 Å². The fourth-order valence-corrected chi connectivity index (χ4v) is 2.36. The third kappa shape index (κ3) is 4.19. The van der Waals surface area contributed by atoms with Gasteiger partial charge in [-0.15, -0.1) is 0 Å². The number of halogens is 3. The van der Waals surface area contributed by atoms with Crippen LogP contribution in [0.5, 0.6) is 0 Å². The lowest BCUT2D eigenvalue weighted by molar-refractivity contribution is -0.136. The molecule has 2 heterocycles. The van der Waals surface area contributed by atoms with E-state index in [0.29, 0.717) is 5.82 Å². The summed E-state index contributed by atoms with van der Waals surface area (Å²) in [7, 11) is 0. The molecule has 3 rings (SSSR count). The third-order valence-corrected chi connectivity index (χ3v) is 3.53. The van der Waals surface area contributed by atoms with Crippen molar-refractivity contribution in [2.75, 3.05) is 5.32 Å². The molecule has 0 bridgehead atoms. The second kappa shape index (κ2) is 7.40. The quantitative estimate of drug-likeness (QED) is 0.729. The summed E-state index contributed by atoms with van der Waals surface area (Å²) >= 11 is 0. The lowest BCUT2D eigenvalue weighted by Crippen LogP contribution is -2.33. The Balaban J connectivity index is 1.74. The van der Waals surface area contributed by atoms with E-state index in [0.717, 1.165) is 6.07 Å². The maximum atomic E-state index is 13.0. The highest BCUT2D eigenvalue weighted by Crippen LogP contribution is 2.34. The molecule has 0 unspecified atom stereocenters. The van der Waals surface area contributed by atoms with Crippen LogP contribution in [0.4, 0.5) is 23.7 Å². The van der Waals surface area contributed by atoms with Crippen LogP contribution in [0.2, 0.25) is 0 Å². The summed E-state index contributed by atoms with van der Waals surface area (Å²) in [6.07, 6.45) is -0.277. The highest BCUT2D eigenvalue weighted by molar-refractivity contribution is 5.90. The number of rotatable bonds is 4. The van der Waals surface area contributed by atoms with Crippen LogP contribution in [0.25, 0.3) is 5.95 Å². The lowest BCUT2D eigenvalue weighted by atomic mass is 10.1.